The lowest BCUT2D eigenvalue weighted by Crippen LogP contribution is -2.16. The van der Waals surface area contributed by atoms with E-state index in [9.17, 15) is 0 Å². The summed E-state index contributed by atoms with van der Waals surface area (Å²) in [6.07, 6.45) is 0. The van der Waals surface area contributed by atoms with Crippen molar-refractivity contribution in [2.75, 3.05) is 0 Å². The van der Waals surface area contributed by atoms with Crippen LogP contribution in [0.25, 0.3) is 0 Å². The van der Waals surface area contributed by atoms with Gasteiger partial charge in [-0.3, -0.25) is 0 Å². The fourth-order valence-corrected chi connectivity index (χ4v) is 1.06. The van der Waals surface area contributed by atoms with Gasteiger partial charge >= 0.3 is 0 Å². The number of hydrogen-bond acceptors (Lipinski definition) is 1. The second-order valence-corrected chi connectivity index (χ2v) is 3.18. The lowest BCUT2D eigenvalue weighted by atomic mass is 9.97. The molecule has 0 radical (unpaired) electrons. The number of halogens is 1. The average Bonchev–Trinajstić information content (AvgIpc) is 2.05. The van der Waals surface area contributed by atoms with Crippen molar-refractivity contribution in [2.45, 2.75) is 19.9 Å². The normalized spacial score (nSPS) is 12.3. The topological polar surface area (TPSA) is 26.0 Å². The SMILES string of the molecule is CC(C)[C@H](N)c1ccccc1.Cl. The Morgan fingerprint density at radius 2 is 1.58 bits per heavy atom. The monoisotopic (exact) mass is 185 g/mol. The highest BCUT2D eigenvalue weighted by Gasteiger charge is 2.08. The van der Waals surface area contributed by atoms with Gasteiger partial charge in [0, 0.05) is 6.04 Å². The highest BCUT2D eigenvalue weighted by Crippen LogP contribution is 2.17. The fourth-order valence-electron chi connectivity index (χ4n) is 1.06. The van der Waals surface area contributed by atoms with E-state index < -0.39 is 0 Å². The molecule has 1 aromatic carbocycles. The third-order valence-corrected chi connectivity index (χ3v) is 1.90. The summed E-state index contributed by atoms with van der Waals surface area (Å²) in [6, 6.07) is 10.4. The van der Waals surface area contributed by atoms with E-state index in [2.05, 4.69) is 26.0 Å². The van der Waals surface area contributed by atoms with Crippen LogP contribution in [0.15, 0.2) is 30.3 Å². The zero-order valence-corrected chi connectivity index (χ0v) is 8.34. The molecule has 12 heavy (non-hydrogen) atoms. The van der Waals surface area contributed by atoms with Gasteiger partial charge in [0.2, 0.25) is 0 Å². The van der Waals surface area contributed by atoms with Gasteiger partial charge in [0.25, 0.3) is 0 Å². The molecule has 0 unspecified atom stereocenters. The second kappa shape index (κ2) is 5.18. The van der Waals surface area contributed by atoms with Crippen LogP contribution in [-0.2, 0) is 0 Å². The average molecular weight is 186 g/mol. The third kappa shape index (κ3) is 2.84. The summed E-state index contributed by atoms with van der Waals surface area (Å²) >= 11 is 0. The van der Waals surface area contributed by atoms with Crippen molar-refractivity contribution < 1.29 is 0 Å². The van der Waals surface area contributed by atoms with Crippen molar-refractivity contribution in [1.29, 1.82) is 0 Å². The molecule has 0 fully saturated rings. The van der Waals surface area contributed by atoms with Crippen molar-refractivity contribution >= 4 is 12.4 Å². The number of rotatable bonds is 2. The van der Waals surface area contributed by atoms with Crippen LogP contribution in [0.3, 0.4) is 0 Å². The van der Waals surface area contributed by atoms with Crippen LogP contribution in [0.1, 0.15) is 25.5 Å². The Morgan fingerprint density at radius 1 is 1.08 bits per heavy atom. The summed E-state index contributed by atoms with van der Waals surface area (Å²) < 4.78 is 0. The van der Waals surface area contributed by atoms with Crippen LogP contribution >= 0.6 is 12.4 Å². The fraction of sp³-hybridized carbons (Fsp3) is 0.400. The highest BCUT2D eigenvalue weighted by atomic mass is 35.5. The Kier molecular flexibility index (Phi) is 4.95. The molecule has 1 rings (SSSR count). The molecule has 68 valence electrons. The van der Waals surface area contributed by atoms with E-state index in [0.29, 0.717) is 5.92 Å². The van der Waals surface area contributed by atoms with Crippen LogP contribution in [0.5, 0.6) is 0 Å². The van der Waals surface area contributed by atoms with E-state index in [1.165, 1.54) is 5.56 Å². The molecule has 0 aliphatic heterocycles. The molecule has 0 saturated heterocycles. The molecule has 0 aromatic heterocycles. The molecule has 0 amide bonds. The lowest BCUT2D eigenvalue weighted by Gasteiger charge is -2.15. The summed E-state index contributed by atoms with van der Waals surface area (Å²) in [4.78, 5) is 0. The van der Waals surface area contributed by atoms with E-state index >= 15 is 0 Å². The van der Waals surface area contributed by atoms with Crippen LogP contribution in [-0.4, -0.2) is 0 Å². The molecule has 2 heteroatoms. The predicted molar refractivity (Wildman–Crippen MR) is 55.5 cm³/mol. The van der Waals surface area contributed by atoms with Gasteiger partial charge in [-0.2, -0.15) is 0 Å². The predicted octanol–water partition coefficient (Wildman–Crippen LogP) is 2.76. The number of hydrogen-bond donors (Lipinski definition) is 1. The molecule has 0 saturated carbocycles. The summed E-state index contributed by atoms with van der Waals surface area (Å²) in [5.41, 5.74) is 7.16. The van der Waals surface area contributed by atoms with Crippen LogP contribution in [0, 0.1) is 5.92 Å². The highest BCUT2D eigenvalue weighted by molar-refractivity contribution is 5.85. The van der Waals surface area contributed by atoms with Crippen molar-refractivity contribution in [3.63, 3.8) is 0 Å². The smallest absolute Gasteiger partial charge is 0.0318 e. The van der Waals surface area contributed by atoms with Crippen molar-refractivity contribution in [3.05, 3.63) is 35.9 Å². The third-order valence-electron chi connectivity index (χ3n) is 1.90. The Morgan fingerprint density at radius 3 is 2.00 bits per heavy atom. The van der Waals surface area contributed by atoms with Gasteiger partial charge in [0.1, 0.15) is 0 Å². The maximum Gasteiger partial charge on any atom is 0.0318 e. The first-order valence-electron chi connectivity index (χ1n) is 4.02. The van der Waals surface area contributed by atoms with E-state index in [1.807, 2.05) is 18.2 Å². The number of nitrogens with two attached hydrogens (primary N) is 1. The minimum absolute atomic E-state index is 0. The first-order valence-corrected chi connectivity index (χ1v) is 4.02. The maximum atomic E-state index is 5.94. The van der Waals surface area contributed by atoms with Gasteiger partial charge in [-0.1, -0.05) is 44.2 Å². The number of benzene rings is 1. The Hall–Kier alpha value is -0.530. The first kappa shape index (κ1) is 11.5. The molecule has 0 bridgehead atoms. The van der Waals surface area contributed by atoms with Gasteiger partial charge in [-0.15, -0.1) is 12.4 Å². The van der Waals surface area contributed by atoms with Crippen molar-refractivity contribution in [3.8, 4) is 0 Å². The maximum absolute atomic E-state index is 5.94. The van der Waals surface area contributed by atoms with Gasteiger partial charge in [-0.25, -0.2) is 0 Å². The largest absolute Gasteiger partial charge is 0.324 e. The molecule has 0 heterocycles. The summed E-state index contributed by atoms with van der Waals surface area (Å²) in [5.74, 6) is 0.511. The molecular weight excluding hydrogens is 170 g/mol. The summed E-state index contributed by atoms with van der Waals surface area (Å²) in [7, 11) is 0. The van der Waals surface area contributed by atoms with Gasteiger partial charge in [-0.05, 0) is 11.5 Å². The Balaban J connectivity index is 0.00000121. The Bertz CT molecular complexity index is 208. The molecule has 0 aliphatic carbocycles. The summed E-state index contributed by atoms with van der Waals surface area (Å²) in [6.45, 7) is 4.27. The quantitative estimate of drug-likeness (QED) is 0.754. The van der Waals surface area contributed by atoms with Gasteiger partial charge in [0.15, 0.2) is 0 Å². The zero-order valence-electron chi connectivity index (χ0n) is 7.53. The Labute approximate surface area is 80.4 Å². The van der Waals surface area contributed by atoms with E-state index in [1.54, 1.807) is 0 Å². The molecule has 1 aromatic rings. The second-order valence-electron chi connectivity index (χ2n) is 3.18. The molecule has 1 atom stereocenters. The minimum atomic E-state index is 0. The van der Waals surface area contributed by atoms with Crippen LogP contribution in [0.2, 0.25) is 0 Å². The molecular formula is C10H16ClN. The van der Waals surface area contributed by atoms with Crippen molar-refractivity contribution in [1.82, 2.24) is 0 Å². The first-order chi connectivity index (χ1) is 5.22. The van der Waals surface area contributed by atoms with E-state index in [0.717, 1.165) is 0 Å². The summed E-state index contributed by atoms with van der Waals surface area (Å²) in [5, 5.41) is 0. The molecule has 0 spiro atoms. The van der Waals surface area contributed by atoms with Crippen molar-refractivity contribution in [2.24, 2.45) is 11.7 Å². The van der Waals surface area contributed by atoms with Crippen LogP contribution < -0.4 is 5.73 Å². The molecule has 1 nitrogen and oxygen atoms in total. The van der Waals surface area contributed by atoms with Crippen LogP contribution in [0.4, 0.5) is 0 Å². The molecule has 0 aliphatic rings. The van der Waals surface area contributed by atoms with Gasteiger partial charge in [0.05, 0.1) is 0 Å². The minimum Gasteiger partial charge on any atom is -0.324 e. The van der Waals surface area contributed by atoms with E-state index in [-0.39, 0.29) is 18.4 Å². The standard InChI is InChI=1S/C10H15N.ClH/c1-8(2)10(11)9-6-4-3-5-7-9;/h3-8,10H,11H2,1-2H3;1H/t10-;/m0./s1. The zero-order chi connectivity index (χ0) is 8.27. The molecule has 2 N–H and O–H groups in total. The lowest BCUT2D eigenvalue weighted by molar-refractivity contribution is 0.514. The van der Waals surface area contributed by atoms with E-state index in [4.69, 9.17) is 5.73 Å². The van der Waals surface area contributed by atoms with Gasteiger partial charge < -0.3 is 5.73 Å².